The summed E-state index contributed by atoms with van der Waals surface area (Å²) in [5.41, 5.74) is 1.30. The van der Waals surface area contributed by atoms with Crippen LogP contribution in [0, 0.1) is 0 Å². The summed E-state index contributed by atoms with van der Waals surface area (Å²) in [5.74, 6) is 0.00116. The molecule has 2 atom stereocenters. The lowest BCUT2D eigenvalue weighted by atomic mass is 10.1. The second-order valence-corrected chi connectivity index (χ2v) is 6.43. The molecular weight excluding hydrogens is 318 g/mol. The molecule has 6 heteroatoms. The number of ether oxygens (including phenoxy) is 1. The third-order valence-electron chi connectivity index (χ3n) is 4.41. The van der Waals surface area contributed by atoms with Crippen LogP contribution >= 0.6 is 0 Å². The minimum absolute atomic E-state index is 0.0193. The summed E-state index contributed by atoms with van der Waals surface area (Å²) in [7, 11) is 0. The Balaban J connectivity index is 2.03. The maximum atomic E-state index is 12.6. The number of nitrogens with zero attached hydrogens (tertiary/aromatic N) is 2. The number of carbonyl (C=O) groups is 2. The molecule has 1 saturated heterocycles. The molecule has 1 aromatic rings. The SMILES string of the molecule is CCN(CC)C(=O)c1ccccc1NCC(=O)N1C[C@@H](C)O[C@@H](C)C1. The molecule has 0 saturated carbocycles. The van der Waals surface area contributed by atoms with E-state index in [1.807, 2.05) is 50.8 Å². The highest BCUT2D eigenvalue weighted by Crippen LogP contribution is 2.18. The topological polar surface area (TPSA) is 61.9 Å². The molecule has 6 nitrogen and oxygen atoms in total. The van der Waals surface area contributed by atoms with Gasteiger partial charge in [0, 0.05) is 31.9 Å². The number of hydrogen-bond acceptors (Lipinski definition) is 4. The maximum absolute atomic E-state index is 12.6. The minimum Gasteiger partial charge on any atom is -0.376 e. The molecule has 1 N–H and O–H groups in total. The summed E-state index contributed by atoms with van der Waals surface area (Å²) in [5, 5.41) is 3.14. The van der Waals surface area contributed by atoms with Gasteiger partial charge < -0.3 is 19.9 Å². The van der Waals surface area contributed by atoms with Crippen molar-refractivity contribution in [1.82, 2.24) is 9.80 Å². The van der Waals surface area contributed by atoms with E-state index in [1.165, 1.54) is 0 Å². The lowest BCUT2D eigenvalue weighted by molar-refractivity contribution is -0.141. The highest BCUT2D eigenvalue weighted by Gasteiger charge is 2.26. The van der Waals surface area contributed by atoms with Crippen LogP contribution in [-0.4, -0.2) is 66.5 Å². The van der Waals surface area contributed by atoms with Gasteiger partial charge in [-0.25, -0.2) is 0 Å². The summed E-state index contributed by atoms with van der Waals surface area (Å²) in [6.07, 6.45) is 0.0912. The van der Waals surface area contributed by atoms with Crippen molar-refractivity contribution >= 4 is 17.5 Å². The predicted octanol–water partition coefficient (Wildman–Crippen LogP) is 2.22. The van der Waals surface area contributed by atoms with Crippen molar-refractivity contribution in [2.45, 2.75) is 39.9 Å². The molecule has 0 aliphatic carbocycles. The van der Waals surface area contributed by atoms with Crippen LogP contribution in [0.5, 0.6) is 0 Å². The van der Waals surface area contributed by atoms with E-state index in [1.54, 1.807) is 11.0 Å². The van der Waals surface area contributed by atoms with Gasteiger partial charge in [-0.15, -0.1) is 0 Å². The van der Waals surface area contributed by atoms with Gasteiger partial charge in [-0.2, -0.15) is 0 Å². The molecule has 1 aromatic carbocycles. The van der Waals surface area contributed by atoms with Crippen LogP contribution in [0.15, 0.2) is 24.3 Å². The molecule has 1 aliphatic heterocycles. The first-order valence-electron chi connectivity index (χ1n) is 9.01. The summed E-state index contributed by atoms with van der Waals surface area (Å²) in [6, 6.07) is 7.35. The van der Waals surface area contributed by atoms with Gasteiger partial charge >= 0.3 is 0 Å². The van der Waals surface area contributed by atoms with Crippen molar-refractivity contribution < 1.29 is 14.3 Å². The van der Waals surface area contributed by atoms with Gasteiger partial charge in [0.15, 0.2) is 0 Å². The summed E-state index contributed by atoms with van der Waals surface area (Å²) < 4.78 is 5.67. The van der Waals surface area contributed by atoms with Crippen molar-refractivity contribution in [2.24, 2.45) is 0 Å². The number of rotatable bonds is 6. The number of para-hydroxylation sites is 1. The van der Waals surface area contributed by atoms with Crippen LogP contribution in [0.2, 0.25) is 0 Å². The van der Waals surface area contributed by atoms with E-state index in [9.17, 15) is 9.59 Å². The second kappa shape index (κ2) is 8.85. The number of hydrogen-bond donors (Lipinski definition) is 1. The monoisotopic (exact) mass is 347 g/mol. The zero-order valence-corrected chi connectivity index (χ0v) is 15.6. The Hall–Kier alpha value is -2.08. The molecule has 0 unspecified atom stereocenters. The fourth-order valence-electron chi connectivity index (χ4n) is 3.17. The molecule has 0 aromatic heterocycles. The number of carbonyl (C=O) groups excluding carboxylic acids is 2. The number of nitrogens with one attached hydrogen (secondary N) is 1. The van der Waals surface area contributed by atoms with E-state index in [-0.39, 0.29) is 30.6 Å². The number of morpholine rings is 1. The Kier molecular flexibility index (Phi) is 6.82. The molecule has 2 amide bonds. The van der Waals surface area contributed by atoms with Crippen molar-refractivity contribution in [1.29, 1.82) is 0 Å². The fraction of sp³-hybridized carbons (Fsp3) is 0.579. The van der Waals surface area contributed by atoms with Gasteiger partial charge in [0.2, 0.25) is 5.91 Å². The van der Waals surface area contributed by atoms with Crippen molar-refractivity contribution in [3.8, 4) is 0 Å². The van der Waals surface area contributed by atoms with E-state index in [0.717, 1.165) is 0 Å². The molecule has 25 heavy (non-hydrogen) atoms. The van der Waals surface area contributed by atoms with Crippen LogP contribution in [0.25, 0.3) is 0 Å². The minimum atomic E-state index is -0.0193. The number of amides is 2. The first-order valence-corrected chi connectivity index (χ1v) is 9.01. The molecular formula is C19H29N3O3. The van der Waals surface area contributed by atoms with E-state index < -0.39 is 0 Å². The maximum Gasteiger partial charge on any atom is 0.255 e. The third kappa shape index (κ3) is 4.95. The summed E-state index contributed by atoms with van der Waals surface area (Å²) in [6.45, 7) is 10.6. The molecule has 138 valence electrons. The standard InChI is InChI=1S/C19H29N3O3/c1-5-21(6-2)19(24)16-9-7-8-10-17(16)20-11-18(23)22-12-14(3)25-15(4)13-22/h7-10,14-15,20H,5-6,11-13H2,1-4H3/t14-,15+. The van der Waals surface area contributed by atoms with Crippen LogP contribution in [0.3, 0.4) is 0 Å². The van der Waals surface area contributed by atoms with Crippen LogP contribution < -0.4 is 5.32 Å². The van der Waals surface area contributed by atoms with E-state index >= 15 is 0 Å². The zero-order valence-electron chi connectivity index (χ0n) is 15.6. The Morgan fingerprint density at radius 1 is 1.16 bits per heavy atom. The van der Waals surface area contributed by atoms with Gasteiger partial charge in [0.05, 0.1) is 24.3 Å². The molecule has 1 heterocycles. The second-order valence-electron chi connectivity index (χ2n) is 6.43. The van der Waals surface area contributed by atoms with E-state index in [2.05, 4.69) is 5.32 Å². The quantitative estimate of drug-likeness (QED) is 0.857. The summed E-state index contributed by atoms with van der Waals surface area (Å²) >= 11 is 0. The van der Waals surface area contributed by atoms with Gasteiger partial charge in [0.1, 0.15) is 0 Å². The number of anilines is 1. The third-order valence-corrected chi connectivity index (χ3v) is 4.41. The molecule has 0 bridgehead atoms. The van der Waals surface area contributed by atoms with Gasteiger partial charge in [0.25, 0.3) is 5.91 Å². The Labute approximate surface area is 150 Å². The highest BCUT2D eigenvalue weighted by molar-refractivity contribution is 6.00. The van der Waals surface area contributed by atoms with E-state index in [4.69, 9.17) is 4.74 Å². The molecule has 2 rings (SSSR count). The summed E-state index contributed by atoms with van der Waals surface area (Å²) in [4.78, 5) is 28.7. The van der Waals surface area contributed by atoms with Crippen LogP contribution in [0.4, 0.5) is 5.69 Å². The van der Waals surface area contributed by atoms with Gasteiger partial charge in [-0.05, 0) is 39.8 Å². The first-order chi connectivity index (χ1) is 12.0. The van der Waals surface area contributed by atoms with Crippen molar-refractivity contribution in [3.63, 3.8) is 0 Å². The largest absolute Gasteiger partial charge is 0.376 e. The molecule has 1 aliphatic rings. The average molecular weight is 347 g/mol. The van der Waals surface area contributed by atoms with Crippen molar-refractivity contribution in [3.05, 3.63) is 29.8 Å². The lowest BCUT2D eigenvalue weighted by Gasteiger charge is -2.35. The van der Waals surface area contributed by atoms with Crippen LogP contribution in [-0.2, 0) is 9.53 Å². The van der Waals surface area contributed by atoms with Crippen LogP contribution in [0.1, 0.15) is 38.1 Å². The first kappa shape index (κ1) is 19.2. The predicted molar refractivity (Wildman–Crippen MR) is 98.8 cm³/mol. The fourth-order valence-corrected chi connectivity index (χ4v) is 3.17. The van der Waals surface area contributed by atoms with Gasteiger partial charge in [-0.1, -0.05) is 12.1 Å². The Morgan fingerprint density at radius 3 is 2.36 bits per heavy atom. The average Bonchev–Trinajstić information content (AvgIpc) is 2.60. The van der Waals surface area contributed by atoms with Crippen molar-refractivity contribution in [2.75, 3.05) is 38.0 Å². The smallest absolute Gasteiger partial charge is 0.255 e. The molecule has 0 spiro atoms. The van der Waals surface area contributed by atoms with E-state index in [0.29, 0.717) is 37.4 Å². The highest BCUT2D eigenvalue weighted by atomic mass is 16.5. The molecule has 0 radical (unpaired) electrons. The van der Waals surface area contributed by atoms with Gasteiger partial charge in [-0.3, -0.25) is 9.59 Å². The Morgan fingerprint density at radius 2 is 1.76 bits per heavy atom. The normalized spacial score (nSPS) is 20.2. The Bertz CT molecular complexity index is 591. The zero-order chi connectivity index (χ0) is 18.4. The number of benzene rings is 1. The molecule has 1 fully saturated rings. The lowest BCUT2D eigenvalue weighted by Crippen LogP contribution is -2.49.